The summed E-state index contributed by atoms with van der Waals surface area (Å²) in [5, 5.41) is 21.7. The summed E-state index contributed by atoms with van der Waals surface area (Å²) in [6.45, 7) is 1.41. The van der Waals surface area contributed by atoms with Crippen molar-refractivity contribution in [3.63, 3.8) is 0 Å². The molecule has 1 aromatic carbocycles. The van der Waals surface area contributed by atoms with Crippen LogP contribution < -0.4 is 5.32 Å². The van der Waals surface area contributed by atoms with E-state index >= 15 is 0 Å². The molecule has 1 aromatic rings. The molecule has 4 heteroatoms. The number of nitrogens with one attached hydrogen (secondary N) is 1. The number of hydrogen-bond acceptors (Lipinski definition) is 3. The number of carboxylic acids is 1. The van der Waals surface area contributed by atoms with Crippen molar-refractivity contribution in [2.75, 3.05) is 13.1 Å². The third-order valence-electron chi connectivity index (χ3n) is 3.35. The molecule has 1 saturated heterocycles. The van der Waals surface area contributed by atoms with Gasteiger partial charge in [-0.25, -0.2) is 0 Å². The minimum Gasteiger partial charge on any atom is -0.508 e. The van der Waals surface area contributed by atoms with Crippen LogP contribution in [0.15, 0.2) is 24.3 Å². The zero-order valence-electron chi connectivity index (χ0n) is 9.60. The molecule has 0 bridgehead atoms. The van der Waals surface area contributed by atoms with Crippen molar-refractivity contribution in [3.8, 4) is 5.75 Å². The minimum absolute atomic E-state index is 0.149. The van der Waals surface area contributed by atoms with Gasteiger partial charge in [-0.05, 0) is 43.0 Å². The lowest BCUT2D eigenvalue weighted by atomic mass is 9.82. The molecule has 2 unspecified atom stereocenters. The van der Waals surface area contributed by atoms with E-state index in [1.165, 1.54) is 0 Å². The summed E-state index contributed by atoms with van der Waals surface area (Å²) in [5.41, 5.74) is 1.00. The molecule has 1 aliphatic heterocycles. The van der Waals surface area contributed by atoms with Gasteiger partial charge in [0.25, 0.3) is 0 Å². The van der Waals surface area contributed by atoms with Gasteiger partial charge in [-0.3, -0.25) is 4.79 Å². The van der Waals surface area contributed by atoms with E-state index in [0.717, 1.165) is 18.5 Å². The quantitative estimate of drug-likeness (QED) is 0.737. The number of aromatic hydroxyl groups is 1. The maximum atomic E-state index is 11.1. The van der Waals surface area contributed by atoms with Crippen molar-refractivity contribution < 1.29 is 15.0 Å². The Bertz CT molecular complexity index is 405. The van der Waals surface area contributed by atoms with Crippen LogP contribution in [-0.4, -0.2) is 29.3 Å². The number of carbonyl (C=O) groups is 1. The summed E-state index contributed by atoms with van der Waals surface area (Å²) in [5.74, 6) is -0.674. The van der Waals surface area contributed by atoms with Crippen LogP contribution in [0.2, 0.25) is 0 Å². The van der Waals surface area contributed by atoms with Crippen molar-refractivity contribution in [1.82, 2.24) is 5.32 Å². The van der Waals surface area contributed by atoms with E-state index in [4.69, 9.17) is 5.11 Å². The Kier molecular flexibility index (Phi) is 3.64. The number of benzene rings is 1. The van der Waals surface area contributed by atoms with Crippen LogP contribution in [0.25, 0.3) is 0 Å². The molecule has 4 nitrogen and oxygen atoms in total. The zero-order chi connectivity index (χ0) is 12.3. The lowest BCUT2D eigenvalue weighted by Gasteiger charge is -2.29. The molecule has 1 fully saturated rings. The Hall–Kier alpha value is -1.55. The van der Waals surface area contributed by atoms with Crippen molar-refractivity contribution in [1.29, 1.82) is 0 Å². The zero-order valence-corrected chi connectivity index (χ0v) is 9.60. The highest BCUT2D eigenvalue weighted by molar-refractivity contribution is 5.70. The molecule has 2 rings (SSSR count). The second-order valence-corrected chi connectivity index (χ2v) is 4.57. The smallest absolute Gasteiger partial charge is 0.308 e. The van der Waals surface area contributed by atoms with Crippen molar-refractivity contribution in [3.05, 3.63) is 29.8 Å². The van der Waals surface area contributed by atoms with Gasteiger partial charge in [-0.2, -0.15) is 0 Å². The Morgan fingerprint density at radius 2 is 2.29 bits per heavy atom. The van der Waals surface area contributed by atoms with Crippen LogP contribution in [0.4, 0.5) is 0 Å². The highest BCUT2D eigenvalue weighted by atomic mass is 16.4. The molecule has 0 spiro atoms. The first-order valence-electron chi connectivity index (χ1n) is 5.88. The Labute approximate surface area is 100 Å². The predicted octanol–water partition coefficient (Wildman–Crippen LogP) is 1.24. The van der Waals surface area contributed by atoms with Crippen molar-refractivity contribution >= 4 is 5.97 Å². The number of piperidine rings is 1. The molecule has 0 amide bonds. The number of carboxylic acid groups (broad SMARTS) is 1. The van der Waals surface area contributed by atoms with E-state index in [-0.39, 0.29) is 17.6 Å². The lowest BCUT2D eigenvalue weighted by molar-refractivity contribution is -0.144. The Morgan fingerprint density at radius 1 is 1.47 bits per heavy atom. The number of aliphatic carboxylic acids is 1. The highest BCUT2D eigenvalue weighted by Gasteiger charge is 2.30. The second-order valence-electron chi connectivity index (χ2n) is 4.57. The average Bonchev–Trinajstić information content (AvgIpc) is 2.29. The molecule has 17 heavy (non-hydrogen) atoms. The molecule has 2 atom stereocenters. The largest absolute Gasteiger partial charge is 0.508 e. The molecule has 0 aliphatic carbocycles. The number of hydrogen-bond donors (Lipinski definition) is 3. The van der Waals surface area contributed by atoms with Gasteiger partial charge in [-0.15, -0.1) is 0 Å². The molecular weight excluding hydrogens is 218 g/mol. The maximum absolute atomic E-state index is 11.1. The summed E-state index contributed by atoms with van der Waals surface area (Å²) >= 11 is 0. The number of phenols is 1. The summed E-state index contributed by atoms with van der Waals surface area (Å²) in [6.07, 6.45) is 1.58. The summed E-state index contributed by atoms with van der Waals surface area (Å²) in [7, 11) is 0. The molecular formula is C13H17NO3. The van der Waals surface area contributed by atoms with E-state index in [0.29, 0.717) is 13.0 Å². The SMILES string of the molecule is O=C(O)C1CNCCC1Cc1cccc(O)c1. The topological polar surface area (TPSA) is 69.6 Å². The van der Waals surface area contributed by atoms with Crippen LogP contribution in [0, 0.1) is 11.8 Å². The lowest BCUT2D eigenvalue weighted by Crippen LogP contribution is -2.41. The van der Waals surface area contributed by atoms with Crippen LogP contribution >= 0.6 is 0 Å². The Morgan fingerprint density at radius 3 is 3.00 bits per heavy atom. The third kappa shape index (κ3) is 2.97. The van der Waals surface area contributed by atoms with Gasteiger partial charge in [0.1, 0.15) is 5.75 Å². The van der Waals surface area contributed by atoms with Gasteiger partial charge in [0.15, 0.2) is 0 Å². The van der Waals surface area contributed by atoms with Crippen LogP contribution in [-0.2, 0) is 11.2 Å². The monoisotopic (exact) mass is 235 g/mol. The van der Waals surface area contributed by atoms with E-state index in [2.05, 4.69) is 5.32 Å². The molecule has 1 aliphatic rings. The van der Waals surface area contributed by atoms with Gasteiger partial charge in [-0.1, -0.05) is 12.1 Å². The van der Waals surface area contributed by atoms with Gasteiger partial charge in [0.2, 0.25) is 0 Å². The van der Waals surface area contributed by atoms with Gasteiger partial charge < -0.3 is 15.5 Å². The van der Waals surface area contributed by atoms with Crippen LogP contribution in [0.3, 0.4) is 0 Å². The first-order valence-corrected chi connectivity index (χ1v) is 5.88. The second kappa shape index (κ2) is 5.19. The van der Waals surface area contributed by atoms with E-state index < -0.39 is 5.97 Å². The van der Waals surface area contributed by atoms with Gasteiger partial charge in [0, 0.05) is 6.54 Å². The maximum Gasteiger partial charge on any atom is 0.308 e. The molecule has 1 heterocycles. The number of rotatable bonds is 3. The fourth-order valence-corrected chi connectivity index (χ4v) is 2.43. The standard InChI is InChI=1S/C13H17NO3/c15-11-3-1-2-9(7-11)6-10-4-5-14-8-12(10)13(16)17/h1-3,7,10,12,14-15H,4-6,8H2,(H,16,17). The molecule has 0 aromatic heterocycles. The Balaban J connectivity index is 2.08. The van der Waals surface area contributed by atoms with E-state index in [1.54, 1.807) is 18.2 Å². The molecule has 3 N–H and O–H groups in total. The molecule has 0 saturated carbocycles. The summed E-state index contributed by atoms with van der Waals surface area (Å²) in [6, 6.07) is 7.06. The minimum atomic E-state index is -0.734. The van der Waals surface area contributed by atoms with Crippen LogP contribution in [0.1, 0.15) is 12.0 Å². The summed E-state index contributed by atoms with van der Waals surface area (Å²) < 4.78 is 0. The first-order chi connectivity index (χ1) is 8.16. The predicted molar refractivity (Wildman–Crippen MR) is 63.9 cm³/mol. The normalized spacial score (nSPS) is 24.5. The van der Waals surface area contributed by atoms with Crippen LogP contribution in [0.5, 0.6) is 5.75 Å². The molecule has 0 radical (unpaired) electrons. The molecule has 92 valence electrons. The van der Waals surface area contributed by atoms with Crippen molar-refractivity contribution in [2.24, 2.45) is 11.8 Å². The van der Waals surface area contributed by atoms with E-state index in [1.807, 2.05) is 6.07 Å². The van der Waals surface area contributed by atoms with Gasteiger partial charge >= 0.3 is 5.97 Å². The third-order valence-corrected chi connectivity index (χ3v) is 3.35. The number of phenolic OH excluding ortho intramolecular Hbond substituents is 1. The highest BCUT2D eigenvalue weighted by Crippen LogP contribution is 2.25. The van der Waals surface area contributed by atoms with E-state index in [9.17, 15) is 9.90 Å². The summed E-state index contributed by atoms with van der Waals surface area (Å²) in [4.78, 5) is 11.1. The fraction of sp³-hybridized carbons (Fsp3) is 0.462. The first kappa shape index (κ1) is 11.9. The van der Waals surface area contributed by atoms with Gasteiger partial charge in [0.05, 0.1) is 5.92 Å². The fourth-order valence-electron chi connectivity index (χ4n) is 2.43. The average molecular weight is 235 g/mol. The van der Waals surface area contributed by atoms with Crippen molar-refractivity contribution in [2.45, 2.75) is 12.8 Å².